The molecule has 1 aromatic heterocycles. The zero-order valence-electron chi connectivity index (χ0n) is 7.58. The minimum atomic E-state index is -3.90. The van der Waals surface area contributed by atoms with E-state index in [2.05, 4.69) is 4.98 Å². The summed E-state index contributed by atoms with van der Waals surface area (Å²) in [6.45, 7) is 0. The van der Waals surface area contributed by atoms with Crippen LogP contribution < -0.4 is 4.89 Å². The van der Waals surface area contributed by atoms with Crippen LogP contribution in [0.2, 0.25) is 0 Å². The van der Waals surface area contributed by atoms with Gasteiger partial charge in [0.2, 0.25) is 0 Å². The topological polar surface area (TPSA) is 79.3 Å². The molecule has 0 aliphatic rings. The van der Waals surface area contributed by atoms with E-state index in [0.717, 1.165) is 5.39 Å². The van der Waals surface area contributed by atoms with Gasteiger partial charge in [0.15, 0.2) is 5.03 Å². The van der Waals surface area contributed by atoms with E-state index in [4.69, 9.17) is 5.21 Å². The number of nitrogens with one attached hydrogen (secondary N) is 1. The second kappa shape index (κ2) is 3.58. The number of benzene rings is 1. The van der Waals surface area contributed by atoms with Crippen LogP contribution in [0.25, 0.3) is 10.9 Å². The molecule has 0 radical (unpaired) electrons. The van der Waals surface area contributed by atoms with E-state index in [1.54, 1.807) is 18.2 Å². The molecule has 0 unspecified atom stereocenters. The minimum Gasteiger partial charge on any atom is -0.302 e. The Morgan fingerprint density at radius 2 is 1.87 bits per heavy atom. The first kappa shape index (κ1) is 10.0. The Bertz CT molecular complexity index is 595. The Morgan fingerprint density at radius 1 is 1.13 bits per heavy atom. The number of pyridine rings is 1. The van der Waals surface area contributed by atoms with E-state index in [-0.39, 0.29) is 5.03 Å². The summed E-state index contributed by atoms with van der Waals surface area (Å²) in [5.74, 6) is 0. The molecular formula is C9H8N2O3S. The van der Waals surface area contributed by atoms with E-state index in [1.165, 1.54) is 11.0 Å². The number of sulfonamides is 1. The summed E-state index contributed by atoms with van der Waals surface area (Å²) >= 11 is 0. The van der Waals surface area contributed by atoms with Crippen LogP contribution in [0.1, 0.15) is 0 Å². The highest BCUT2D eigenvalue weighted by Gasteiger charge is 2.14. The maximum atomic E-state index is 11.2. The SMILES string of the molecule is O=S(=O)(NO)c1ccc2ccccc2n1. The van der Waals surface area contributed by atoms with Crippen molar-refractivity contribution in [1.82, 2.24) is 9.87 Å². The molecule has 1 heterocycles. The largest absolute Gasteiger partial charge is 0.302 e. The smallest absolute Gasteiger partial charge is 0.279 e. The van der Waals surface area contributed by atoms with E-state index in [0.29, 0.717) is 5.52 Å². The number of aromatic nitrogens is 1. The van der Waals surface area contributed by atoms with E-state index >= 15 is 0 Å². The maximum Gasteiger partial charge on any atom is 0.279 e. The number of hydrogen-bond acceptors (Lipinski definition) is 4. The summed E-state index contributed by atoms with van der Waals surface area (Å²) < 4.78 is 22.4. The average Bonchev–Trinajstić information content (AvgIpc) is 2.28. The third kappa shape index (κ3) is 1.82. The Balaban J connectivity index is 2.67. The summed E-state index contributed by atoms with van der Waals surface area (Å²) in [4.78, 5) is 5.14. The van der Waals surface area contributed by atoms with Crippen molar-refractivity contribution in [2.45, 2.75) is 5.03 Å². The van der Waals surface area contributed by atoms with Gasteiger partial charge in [0.25, 0.3) is 10.0 Å². The molecule has 0 atom stereocenters. The van der Waals surface area contributed by atoms with Crippen molar-refractivity contribution in [2.75, 3.05) is 0 Å². The van der Waals surface area contributed by atoms with Gasteiger partial charge in [0.05, 0.1) is 5.52 Å². The van der Waals surface area contributed by atoms with Gasteiger partial charge in [-0.3, -0.25) is 0 Å². The van der Waals surface area contributed by atoms with Gasteiger partial charge in [-0.05, 0) is 18.2 Å². The lowest BCUT2D eigenvalue weighted by molar-refractivity contribution is 0.242. The van der Waals surface area contributed by atoms with Gasteiger partial charge < -0.3 is 5.21 Å². The Kier molecular flexibility index (Phi) is 2.39. The fraction of sp³-hybridized carbons (Fsp3) is 0. The summed E-state index contributed by atoms with van der Waals surface area (Å²) in [5.41, 5.74) is 0.564. The monoisotopic (exact) mass is 224 g/mol. The first-order chi connectivity index (χ1) is 7.13. The van der Waals surface area contributed by atoms with Gasteiger partial charge in [0, 0.05) is 5.39 Å². The molecule has 2 N–H and O–H groups in total. The van der Waals surface area contributed by atoms with Crippen LogP contribution in [0.5, 0.6) is 0 Å². The predicted molar refractivity (Wildman–Crippen MR) is 53.9 cm³/mol. The lowest BCUT2D eigenvalue weighted by atomic mass is 10.2. The second-order valence-corrected chi connectivity index (χ2v) is 4.54. The van der Waals surface area contributed by atoms with Crippen LogP contribution in [-0.4, -0.2) is 18.6 Å². The zero-order chi connectivity index (χ0) is 10.9. The van der Waals surface area contributed by atoms with Crippen molar-refractivity contribution >= 4 is 20.9 Å². The summed E-state index contributed by atoms with van der Waals surface area (Å²) in [7, 11) is -3.90. The summed E-state index contributed by atoms with van der Waals surface area (Å²) in [6, 6.07) is 10.1. The van der Waals surface area contributed by atoms with Gasteiger partial charge in [0.1, 0.15) is 0 Å². The van der Waals surface area contributed by atoms with Crippen molar-refractivity contribution in [2.24, 2.45) is 0 Å². The van der Waals surface area contributed by atoms with Crippen molar-refractivity contribution < 1.29 is 13.6 Å². The van der Waals surface area contributed by atoms with Crippen molar-refractivity contribution in [3.8, 4) is 0 Å². The molecular weight excluding hydrogens is 216 g/mol. The minimum absolute atomic E-state index is 0.205. The number of para-hydroxylation sites is 1. The first-order valence-corrected chi connectivity index (χ1v) is 5.63. The molecule has 0 saturated heterocycles. The van der Waals surface area contributed by atoms with Crippen molar-refractivity contribution in [1.29, 1.82) is 0 Å². The molecule has 15 heavy (non-hydrogen) atoms. The van der Waals surface area contributed by atoms with Crippen LogP contribution in [-0.2, 0) is 10.0 Å². The average molecular weight is 224 g/mol. The molecule has 2 aromatic rings. The second-order valence-electron chi connectivity index (χ2n) is 2.94. The quantitative estimate of drug-likeness (QED) is 0.743. The Labute approximate surface area is 86.4 Å². The molecule has 0 spiro atoms. The van der Waals surface area contributed by atoms with Crippen LogP contribution in [0.4, 0.5) is 0 Å². The fourth-order valence-electron chi connectivity index (χ4n) is 1.24. The molecule has 1 aromatic carbocycles. The molecule has 0 aliphatic heterocycles. The molecule has 0 fully saturated rings. The highest BCUT2D eigenvalue weighted by Crippen LogP contribution is 2.14. The van der Waals surface area contributed by atoms with Crippen LogP contribution in [0.15, 0.2) is 41.4 Å². The van der Waals surface area contributed by atoms with Crippen molar-refractivity contribution in [3.63, 3.8) is 0 Å². The standard InChI is InChI=1S/C9H8N2O3S/c12-11-15(13,14)9-6-5-7-3-1-2-4-8(7)10-9/h1-6,11-12H. The lowest BCUT2D eigenvalue weighted by Gasteiger charge is -2.01. The number of fused-ring (bicyclic) bond motifs is 1. The van der Waals surface area contributed by atoms with Crippen LogP contribution in [0.3, 0.4) is 0 Å². The summed E-state index contributed by atoms with van der Waals surface area (Å²) in [5, 5.41) is 9.08. The first-order valence-electron chi connectivity index (χ1n) is 4.15. The fourth-order valence-corrected chi connectivity index (χ4v) is 1.80. The molecule has 0 bridgehead atoms. The highest BCUT2D eigenvalue weighted by molar-refractivity contribution is 7.89. The van der Waals surface area contributed by atoms with Gasteiger partial charge in [-0.15, -0.1) is 0 Å². The molecule has 2 rings (SSSR count). The Morgan fingerprint density at radius 3 is 2.60 bits per heavy atom. The van der Waals surface area contributed by atoms with Crippen LogP contribution >= 0.6 is 0 Å². The molecule has 0 aliphatic carbocycles. The van der Waals surface area contributed by atoms with Crippen LogP contribution in [0, 0.1) is 0 Å². The molecule has 78 valence electrons. The highest BCUT2D eigenvalue weighted by atomic mass is 32.2. The van der Waals surface area contributed by atoms with Gasteiger partial charge >= 0.3 is 0 Å². The predicted octanol–water partition coefficient (Wildman–Crippen LogP) is 0.902. The third-order valence-corrected chi connectivity index (χ3v) is 2.99. The van der Waals surface area contributed by atoms with Gasteiger partial charge in [-0.25, -0.2) is 13.4 Å². The molecule has 0 amide bonds. The van der Waals surface area contributed by atoms with Gasteiger partial charge in [-0.2, -0.15) is 0 Å². The summed E-state index contributed by atoms with van der Waals surface area (Å²) in [6.07, 6.45) is 0. The van der Waals surface area contributed by atoms with Crippen molar-refractivity contribution in [3.05, 3.63) is 36.4 Å². The number of nitrogens with zero attached hydrogens (tertiary/aromatic N) is 1. The molecule has 0 saturated carbocycles. The normalized spacial score (nSPS) is 11.8. The maximum absolute atomic E-state index is 11.2. The van der Waals surface area contributed by atoms with Gasteiger partial charge in [-0.1, -0.05) is 23.1 Å². The molecule has 5 nitrogen and oxygen atoms in total. The zero-order valence-corrected chi connectivity index (χ0v) is 8.40. The lowest BCUT2D eigenvalue weighted by Crippen LogP contribution is -2.20. The molecule has 6 heteroatoms. The van der Waals surface area contributed by atoms with E-state index < -0.39 is 10.0 Å². The Hall–Kier alpha value is -1.50. The third-order valence-electron chi connectivity index (χ3n) is 1.97. The number of hydrogen-bond donors (Lipinski definition) is 2. The number of rotatable bonds is 2. The van der Waals surface area contributed by atoms with E-state index in [9.17, 15) is 8.42 Å². The van der Waals surface area contributed by atoms with E-state index in [1.807, 2.05) is 12.1 Å².